The lowest BCUT2D eigenvalue weighted by atomic mass is 9.92. The van der Waals surface area contributed by atoms with Gasteiger partial charge in [-0.1, -0.05) is 6.07 Å². The van der Waals surface area contributed by atoms with Crippen molar-refractivity contribution in [1.29, 1.82) is 0 Å². The Morgan fingerprint density at radius 3 is 3.05 bits per heavy atom. The van der Waals surface area contributed by atoms with E-state index in [-0.39, 0.29) is 12.1 Å². The van der Waals surface area contributed by atoms with E-state index >= 15 is 0 Å². The zero-order valence-corrected chi connectivity index (χ0v) is 12.5. The van der Waals surface area contributed by atoms with Gasteiger partial charge in [0.15, 0.2) is 0 Å². The molecule has 0 radical (unpaired) electrons. The zero-order valence-electron chi connectivity index (χ0n) is 11.7. The molecule has 3 unspecified atom stereocenters. The lowest BCUT2D eigenvalue weighted by Gasteiger charge is -2.30. The van der Waals surface area contributed by atoms with Crippen molar-refractivity contribution < 1.29 is 5.11 Å². The molecule has 0 saturated heterocycles. The molecule has 1 aliphatic rings. The van der Waals surface area contributed by atoms with Crippen LogP contribution in [0.5, 0.6) is 0 Å². The number of nitrogens with zero attached hydrogens (tertiary/aromatic N) is 2. The predicted octanol–water partition coefficient (Wildman–Crippen LogP) is 2.46. The smallest absolute Gasteiger partial charge is 0.131 e. The van der Waals surface area contributed by atoms with Crippen LogP contribution >= 0.6 is 11.3 Å². The highest BCUT2D eigenvalue weighted by molar-refractivity contribution is 7.10. The van der Waals surface area contributed by atoms with Crippen molar-refractivity contribution in [1.82, 2.24) is 14.9 Å². The van der Waals surface area contributed by atoms with Crippen molar-refractivity contribution in [2.45, 2.75) is 43.9 Å². The van der Waals surface area contributed by atoms with Crippen LogP contribution in [0.1, 0.15) is 42.4 Å². The van der Waals surface area contributed by atoms with Crippen molar-refractivity contribution in [3.05, 3.63) is 40.6 Å². The standard InChI is InChI=1S/C15H21N3OS/c1-18-8-7-16-15(18)14(13-6-3-9-20-13)17-11-4-2-5-12(19)10-11/h3,6-9,11-12,14,17,19H,2,4-5,10H2,1H3. The first-order valence-electron chi connectivity index (χ1n) is 7.19. The van der Waals surface area contributed by atoms with Crippen molar-refractivity contribution in [3.63, 3.8) is 0 Å². The summed E-state index contributed by atoms with van der Waals surface area (Å²) >= 11 is 1.75. The summed E-state index contributed by atoms with van der Waals surface area (Å²) in [6, 6.07) is 4.71. The third kappa shape index (κ3) is 2.95. The van der Waals surface area contributed by atoms with Gasteiger partial charge in [-0.25, -0.2) is 4.98 Å². The highest BCUT2D eigenvalue weighted by atomic mass is 32.1. The highest BCUT2D eigenvalue weighted by Crippen LogP contribution is 2.28. The highest BCUT2D eigenvalue weighted by Gasteiger charge is 2.26. The Bertz CT molecular complexity index is 537. The number of aryl methyl sites for hydroxylation is 1. The molecule has 2 aromatic heterocycles. The summed E-state index contributed by atoms with van der Waals surface area (Å²) < 4.78 is 2.07. The number of rotatable bonds is 4. The largest absolute Gasteiger partial charge is 0.393 e. The van der Waals surface area contributed by atoms with Crippen LogP contribution in [0.25, 0.3) is 0 Å². The predicted molar refractivity (Wildman–Crippen MR) is 80.8 cm³/mol. The fourth-order valence-electron chi connectivity index (χ4n) is 2.95. The zero-order chi connectivity index (χ0) is 13.9. The number of thiophene rings is 1. The van der Waals surface area contributed by atoms with E-state index in [1.54, 1.807) is 11.3 Å². The van der Waals surface area contributed by atoms with Crippen molar-refractivity contribution in [2.24, 2.45) is 7.05 Å². The Morgan fingerprint density at radius 1 is 1.50 bits per heavy atom. The maximum absolute atomic E-state index is 9.85. The maximum atomic E-state index is 9.85. The third-order valence-corrected chi connectivity index (χ3v) is 4.93. The lowest BCUT2D eigenvalue weighted by Crippen LogP contribution is -2.39. The molecule has 3 rings (SSSR count). The minimum absolute atomic E-state index is 0.116. The number of imidazole rings is 1. The third-order valence-electron chi connectivity index (χ3n) is 3.99. The summed E-state index contributed by atoms with van der Waals surface area (Å²) in [4.78, 5) is 5.78. The number of hydrogen-bond acceptors (Lipinski definition) is 4. The number of nitrogens with one attached hydrogen (secondary N) is 1. The summed E-state index contributed by atoms with van der Waals surface area (Å²) in [7, 11) is 2.03. The van der Waals surface area contributed by atoms with Gasteiger partial charge in [-0.15, -0.1) is 11.3 Å². The molecule has 1 aliphatic carbocycles. The van der Waals surface area contributed by atoms with E-state index in [1.807, 2.05) is 19.4 Å². The van der Waals surface area contributed by atoms with E-state index in [4.69, 9.17) is 0 Å². The van der Waals surface area contributed by atoms with Crippen LogP contribution in [0.15, 0.2) is 29.9 Å². The fraction of sp³-hybridized carbons (Fsp3) is 0.533. The normalized spacial score (nSPS) is 24.7. The van der Waals surface area contributed by atoms with Crippen LogP contribution in [0.4, 0.5) is 0 Å². The molecule has 1 saturated carbocycles. The molecule has 0 amide bonds. The lowest BCUT2D eigenvalue weighted by molar-refractivity contribution is 0.109. The van der Waals surface area contributed by atoms with Gasteiger partial charge in [0.1, 0.15) is 11.9 Å². The molecule has 1 fully saturated rings. The number of hydrogen-bond donors (Lipinski definition) is 2. The monoisotopic (exact) mass is 291 g/mol. The van der Waals surface area contributed by atoms with E-state index in [0.29, 0.717) is 6.04 Å². The summed E-state index contributed by atoms with van der Waals surface area (Å²) in [5.41, 5.74) is 0. The maximum Gasteiger partial charge on any atom is 0.131 e. The first kappa shape index (κ1) is 13.8. The van der Waals surface area contributed by atoms with Gasteiger partial charge in [-0.05, 0) is 37.1 Å². The van der Waals surface area contributed by atoms with Crippen LogP contribution in [0, 0.1) is 0 Å². The summed E-state index contributed by atoms with van der Waals surface area (Å²) in [5.74, 6) is 1.03. The topological polar surface area (TPSA) is 50.1 Å². The SMILES string of the molecule is Cn1ccnc1C(NC1CCCC(O)C1)c1cccs1. The average Bonchev–Trinajstić information content (AvgIpc) is 3.07. The van der Waals surface area contributed by atoms with E-state index < -0.39 is 0 Å². The quantitative estimate of drug-likeness (QED) is 0.910. The van der Waals surface area contributed by atoms with Gasteiger partial charge in [0.25, 0.3) is 0 Å². The van der Waals surface area contributed by atoms with Crippen LogP contribution in [0.2, 0.25) is 0 Å². The fourth-order valence-corrected chi connectivity index (χ4v) is 3.73. The minimum atomic E-state index is -0.161. The van der Waals surface area contributed by atoms with Crippen molar-refractivity contribution >= 4 is 11.3 Å². The molecule has 3 atom stereocenters. The molecule has 0 bridgehead atoms. The van der Waals surface area contributed by atoms with E-state index in [2.05, 4.69) is 32.4 Å². The molecule has 5 heteroatoms. The van der Waals surface area contributed by atoms with Gasteiger partial charge >= 0.3 is 0 Å². The van der Waals surface area contributed by atoms with Gasteiger partial charge in [0.2, 0.25) is 0 Å². The Kier molecular flexibility index (Phi) is 4.19. The van der Waals surface area contributed by atoms with Gasteiger partial charge in [0, 0.05) is 30.4 Å². The van der Waals surface area contributed by atoms with E-state index in [9.17, 15) is 5.11 Å². The van der Waals surface area contributed by atoms with Crippen LogP contribution in [0.3, 0.4) is 0 Å². The van der Waals surface area contributed by atoms with E-state index in [1.165, 1.54) is 4.88 Å². The molecule has 4 nitrogen and oxygen atoms in total. The second-order valence-electron chi connectivity index (χ2n) is 5.53. The molecule has 2 aromatic rings. The molecule has 0 spiro atoms. The molecular weight excluding hydrogens is 270 g/mol. The number of aromatic nitrogens is 2. The molecular formula is C15H21N3OS. The van der Waals surface area contributed by atoms with Crippen LogP contribution in [-0.4, -0.2) is 26.8 Å². The first-order valence-corrected chi connectivity index (χ1v) is 8.06. The second kappa shape index (κ2) is 6.08. The van der Waals surface area contributed by atoms with E-state index in [0.717, 1.165) is 31.5 Å². The minimum Gasteiger partial charge on any atom is -0.393 e. The van der Waals surface area contributed by atoms with Gasteiger partial charge in [-0.2, -0.15) is 0 Å². The number of aliphatic hydroxyl groups excluding tert-OH is 1. The average molecular weight is 291 g/mol. The molecule has 0 aromatic carbocycles. The van der Waals surface area contributed by atoms with Gasteiger partial charge in [-0.3, -0.25) is 0 Å². The molecule has 108 valence electrons. The summed E-state index contributed by atoms with van der Waals surface area (Å²) in [5, 5.41) is 15.6. The Hall–Kier alpha value is -1.17. The Morgan fingerprint density at radius 2 is 2.40 bits per heavy atom. The van der Waals surface area contributed by atoms with Crippen molar-refractivity contribution in [3.8, 4) is 0 Å². The first-order chi connectivity index (χ1) is 9.74. The van der Waals surface area contributed by atoms with Crippen molar-refractivity contribution in [2.75, 3.05) is 0 Å². The second-order valence-corrected chi connectivity index (χ2v) is 6.51. The summed E-state index contributed by atoms with van der Waals surface area (Å²) in [6.07, 6.45) is 7.66. The van der Waals surface area contributed by atoms with Crippen LogP contribution in [-0.2, 0) is 7.05 Å². The molecule has 2 N–H and O–H groups in total. The van der Waals surface area contributed by atoms with Gasteiger partial charge < -0.3 is 15.0 Å². The Labute approximate surface area is 123 Å². The molecule has 0 aliphatic heterocycles. The van der Waals surface area contributed by atoms with Gasteiger partial charge in [0.05, 0.1) is 6.10 Å². The number of aliphatic hydroxyl groups is 1. The van der Waals surface area contributed by atoms with Crippen LogP contribution < -0.4 is 5.32 Å². The summed E-state index contributed by atoms with van der Waals surface area (Å²) in [6.45, 7) is 0. The molecule has 20 heavy (non-hydrogen) atoms. The molecule has 2 heterocycles. The Balaban J connectivity index is 1.81.